The van der Waals surface area contributed by atoms with Gasteiger partial charge in [-0.2, -0.15) is 0 Å². The van der Waals surface area contributed by atoms with Gasteiger partial charge in [0.15, 0.2) is 6.26 Å². The lowest BCUT2D eigenvalue weighted by Gasteiger charge is -1.90. The highest BCUT2D eigenvalue weighted by molar-refractivity contribution is 4.99. The first-order chi connectivity index (χ1) is 3.93. The molecular formula is C5H7NO2. The van der Waals surface area contributed by atoms with Crippen molar-refractivity contribution in [2.45, 2.75) is 6.42 Å². The van der Waals surface area contributed by atoms with Crippen molar-refractivity contribution in [3.63, 3.8) is 0 Å². The molecule has 3 nitrogen and oxygen atoms in total. The van der Waals surface area contributed by atoms with Gasteiger partial charge in [0.1, 0.15) is 0 Å². The Bertz CT molecular complexity index is 120. The second-order valence-corrected chi connectivity index (χ2v) is 1.42. The van der Waals surface area contributed by atoms with E-state index in [1.807, 2.05) is 0 Å². The van der Waals surface area contributed by atoms with Gasteiger partial charge in [0.25, 0.3) is 0 Å². The molecule has 0 radical (unpaired) electrons. The van der Waals surface area contributed by atoms with Gasteiger partial charge < -0.3 is 4.89 Å². The summed E-state index contributed by atoms with van der Waals surface area (Å²) in [6.07, 6.45) is 4.01. The normalized spacial score (nSPS) is 16.2. The van der Waals surface area contributed by atoms with Crippen LogP contribution in [0.3, 0.4) is 0 Å². The average molecular weight is 113 g/mol. The molecule has 8 heavy (non-hydrogen) atoms. The lowest BCUT2D eigenvalue weighted by molar-refractivity contribution is -0.265. The number of allylic oxidation sites excluding steroid dienone is 1. The van der Waals surface area contributed by atoms with Crippen LogP contribution in [0.25, 0.3) is 0 Å². The quantitative estimate of drug-likeness (QED) is 0.425. The molecule has 0 spiro atoms. The summed E-state index contributed by atoms with van der Waals surface area (Å²) in [7, 11) is 0. The minimum atomic E-state index is 0.750. The Morgan fingerprint density at radius 3 is 3.25 bits per heavy atom. The highest BCUT2D eigenvalue weighted by atomic mass is 17.3. The van der Waals surface area contributed by atoms with Crippen LogP contribution in [0.15, 0.2) is 24.6 Å². The topological polar surface area (TPSA) is 30.5 Å². The lowest BCUT2D eigenvalue weighted by atomic mass is 10.3. The van der Waals surface area contributed by atoms with Crippen LogP contribution < -0.4 is 5.48 Å². The lowest BCUT2D eigenvalue weighted by Crippen LogP contribution is -2.03. The van der Waals surface area contributed by atoms with E-state index in [1.54, 1.807) is 6.08 Å². The van der Waals surface area contributed by atoms with Gasteiger partial charge in [0.05, 0.1) is 5.70 Å². The van der Waals surface area contributed by atoms with Gasteiger partial charge in [-0.1, -0.05) is 11.1 Å². The van der Waals surface area contributed by atoms with E-state index in [-0.39, 0.29) is 0 Å². The van der Waals surface area contributed by atoms with E-state index in [2.05, 4.69) is 21.9 Å². The molecule has 1 N–H and O–H groups in total. The Hall–Kier alpha value is -0.960. The van der Waals surface area contributed by atoms with E-state index in [9.17, 15) is 0 Å². The average Bonchev–Trinajstić information content (AvgIpc) is 2.19. The molecule has 0 bridgehead atoms. The molecule has 1 aliphatic rings. The summed E-state index contributed by atoms with van der Waals surface area (Å²) in [5, 5.41) is 0. The third-order valence-electron chi connectivity index (χ3n) is 0.775. The van der Waals surface area contributed by atoms with Gasteiger partial charge in [-0.25, -0.2) is 5.48 Å². The van der Waals surface area contributed by atoms with Crippen LogP contribution in [0.2, 0.25) is 0 Å². The third-order valence-corrected chi connectivity index (χ3v) is 0.775. The SMILES string of the molecule is C=CCC1=COON1. The van der Waals surface area contributed by atoms with Crippen LogP contribution in [0.5, 0.6) is 0 Å². The fourth-order valence-corrected chi connectivity index (χ4v) is 0.429. The molecule has 0 amide bonds. The summed E-state index contributed by atoms with van der Waals surface area (Å²) >= 11 is 0. The third kappa shape index (κ3) is 1.01. The molecule has 0 aromatic heterocycles. The van der Waals surface area contributed by atoms with E-state index in [0.29, 0.717) is 0 Å². The Kier molecular flexibility index (Phi) is 1.54. The Balaban J connectivity index is 2.33. The summed E-state index contributed by atoms with van der Waals surface area (Å²) in [6.45, 7) is 3.53. The molecule has 0 aromatic carbocycles. The van der Waals surface area contributed by atoms with Crippen molar-refractivity contribution < 1.29 is 9.88 Å². The maximum absolute atomic E-state index is 4.39. The molecule has 0 fully saturated rings. The van der Waals surface area contributed by atoms with E-state index >= 15 is 0 Å². The van der Waals surface area contributed by atoms with E-state index in [1.165, 1.54) is 6.26 Å². The zero-order chi connectivity index (χ0) is 5.82. The maximum Gasteiger partial charge on any atom is 0.153 e. The zero-order valence-corrected chi connectivity index (χ0v) is 4.39. The predicted octanol–water partition coefficient (Wildman–Crippen LogP) is 0.870. The Morgan fingerprint density at radius 2 is 2.75 bits per heavy atom. The molecule has 1 rings (SSSR count). The molecule has 0 aliphatic carbocycles. The molecule has 0 saturated carbocycles. The minimum Gasteiger partial charge on any atom is -0.320 e. The molecule has 0 saturated heterocycles. The number of hydrogen-bond acceptors (Lipinski definition) is 3. The summed E-state index contributed by atoms with van der Waals surface area (Å²) in [6, 6.07) is 0. The van der Waals surface area contributed by atoms with Crippen LogP contribution in [0, 0.1) is 0 Å². The van der Waals surface area contributed by atoms with Crippen LogP contribution in [0.1, 0.15) is 6.42 Å². The van der Waals surface area contributed by atoms with Crippen LogP contribution in [0.4, 0.5) is 0 Å². The highest BCUT2D eigenvalue weighted by Gasteiger charge is 2.00. The molecule has 0 unspecified atom stereocenters. The fraction of sp³-hybridized carbons (Fsp3) is 0.200. The van der Waals surface area contributed by atoms with Crippen molar-refractivity contribution in [2.24, 2.45) is 0 Å². The molecule has 1 heterocycles. The standard InChI is InChI=1S/C5H7NO2/c1-2-3-5-4-7-8-6-5/h2,4,6H,1,3H2. The molecule has 0 aromatic rings. The Morgan fingerprint density at radius 1 is 1.88 bits per heavy atom. The second kappa shape index (κ2) is 2.37. The molecule has 1 aliphatic heterocycles. The van der Waals surface area contributed by atoms with Gasteiger partial charge in [0, 0.05) is 6.42 Å². The van der Waals surface area contributed by atoms with Crippen molar-refractivity contribution in [3.05, 3.63) is 24.6 Å². The fourth-order valence-electron chi connectivity index (χ4n) is 0.429. The number of hydrogen-bond donors (Lipinski definition) is 1. The highest BCUT2D eigenvalue weighted by Crippen LogP contribution is 2.03. The van der Waals surface area contributed by atoms with Crippen molar-refractivity contribution in [1.82, 2.24) is 5.48 Å². The van der Waals surface area contributed by atoms with Crippen LogP contribution >= 0.6 is 0 Å². The van der Waals surface area contributed by atoms with Gasteiger partial charge in [-0.05, 0) is 0 Å². The van der Waals surface area contributed by atoms with Gasteiger partial charge in [0.2, 0.25) is 0 Å². The first-order valence-corrected chi connectivity index (χ1v) is 2.32. The van der Waals surface area contributed by atoms with E-state index < -0.39 is 0 Å². The molecular weight excluding hydrogens is 106 g/mol. The van der Waals surface area contributed by atoms with E-state index in [4.69, 9.17) is 0 Å². The van der Waals surface area contributed by atoms with Gasteiger partial charge in [-0.3, -0.25) is 0 Å². The zero-order valence-electron chi connectivity index (χ0n) is 4.39. The molecule has 0 atom stereocenters. The summed E-state index contributed by atoms with van der Waals surface area (Å²) in [5.74, 6) is 0. The summed E-state index contributed by atoms with van der Waals surface area (Å²) < 4.78 is 0. The number of hydroxylamine groups is 1. The molecule has 44 valence electrons. The van der Waals surface area contributed by atoms with Gasteiger partial charge >= 0.3 is 0 Å². The number of nitrogens with one attached hydrogen (secondary N) is 1. The van der Waals surface area contributed by atoms with Crippen LogP contribution in [-0.2, 0) is 9.88 Å². The van der Waals surface area contributed by atoms with Crippen molar-refractivity contribution in [3.8, 4) is 0 Å². The van der Waals surface area contributed by atoms with Crippen molar-refractivity contribution >= 4 is 0 Å². The molecule has 3 heteroatoms. The van der Waals surface area contributed by atoms with Gasteiger partial charge in [-0.15, -0.1) is 6.58 Å². The second-order valence-electron chi connectivity index (χ2n) is 1.42. The Labute approximate surface area is 47.5 Å². The monoisotopic (exact) mass is 113 g/mol. The van der Waals surface area contributed by atoms with E-state index in [0.717, 1.165) is 12.1 Å². The largest absolute Gasteiger partial charge is 0.320 e. The number of rotatable bonds is 2. The minimum absolute atomic E-state index is 0.750. The smallest absolute Gasteiger partial charge is 0.153 e. The first-order valence-electron chi connectivity index (χ1n) is 2.32. The summed E-state index contributed by atoms with van der Waals surface area (Å²) in [5.41, 5.74) is 3.41. The van der Waals surface area contributed by atoms with Crippen LogP contribution in [-0.4, -0.2) is 0 Å². The maximum atomic E-state index is 4.39. The predicted molar refractivity (Wildman–Crippen MR) is 28.2 cm³/mol. The van der Waals surface area contributed by atoms with Crippen molar-refractivity contribution in [2.75, 3.05) is 0 Å². The first kappa shape index (κ1) is 5.18. The van der Waals surface area contributed by atoms with Crippen molar-refractivity contribution in [1.29, 1.82) is 0 Å². The summed E-state index contributed by atoms with van der Waals surface area (Å²) in [4.78, 5) is 8.71.